The van der Waals surface area contributed by atoms with Crippen molar-refractivity contribution >= 4 is 23.1 Å². The first-order valence-electron chi connectivity index (χ1n) is 4.62. The van der Waals surface area contributed by atoms with Crippen molar-refractivity contribution in [2.75, 3.05) is 6.26 Å². The van der Waals surface area contributed by atoms with E-state index in [1.807, 2.05) is 6.20 Å². The first-order valence-corrected chi connectivity index (χ1v) is 6.67. The number of aromatic nitrogens is 1. The van der Waals surface area contributed by atoms with Crippen molar-refractivity contribution in [1.29, 1.82) is 0 Å². The molecule has 0 aliphatic rings. The zero-order valence-electron chi connectivity index (χ0n) is 8.43. The number of hydrogen-bond acceptors (Lipinski definition) is 4. The zero-order chi connectivity index (χ0) is 10.7. The van der Waals surface area contributed by atoms with Crippen LogP contribution in [0.25, 0.3) is 10.4 Å². The van der Waals surface area contributed by atoms with Gasteiger partial charge in [-0.25, -0.2) is 4.98 Å². The smallest absolute Gasteiger partial charge is 0.107 e. The fraction of sp³-hybridized carbons (Fsp3) is 0.182. The molecular weight excluding hydrogens is 224 g/mol. The molecule has 2 rings (SSSR count). The van der Waals surface area contributed by atoms with Gasteiger partial charge in [-0.2, -0.15) is 0 Å². The molecule has 0 spiro atoms. The molecule has 1 aromatic heterocycles. The summed E-state index contributed by atoms with van der Waals surface area (Å²) in [4.78, 5) is 6.71. The second-order valence-corrected chi connectivity index (χ2v) is 5.05. The van der Waals surface area contributed by atoms with Gasteiger partial charge in [0.05, 0.1) is 4.88 Å². The first kappa shape index (κ1) is 10.7. The van der Waals surface area contributed by atoms with Gasteiger partial charge in [0.15, 0.2) is 0 Å². The minimum atomic E-state index is 0.521. The summed E-state index contributed by atoms with van der Waals surface area (Å²) in [5.41, 5.74) is 6.74. The molecule has 0 bridgehead atoms. The molecule has 15 heavy (non-hydrogen) atoms. The SMILES string of the molecule is CSc1ccc(-c2cnc(CN)s2)cc1. The molecule has 0 radical (unpaired) electrons. The number of hydrogen-bond donors (Lipinski definition) is 1. The number of thiazole rings is 1. The molecule has 1 aromatic carbocycles. The number of rotatable bonds is 3. The molecule has 0 aliphatic heterocycles. The Labute approximate surface area is 97.5 Å². The number of thioether (sulfide) groups is 1. The summed E-state index contributed by atoms with van der Waals surface area (Å²) in [5, 5.41) is 0.985. The summed E-state index contributed by atoms with van der Waals surface area (Å²) in [6, 6.07) is 8.50. The summed E-state index contributed by atoms with van der Waals surface area (Å²) >= 11 is 3.41. The van der Waals surface area contributed by atoms with E-state index in [1.54, 1.807) is 23.1 Å². The van der Waals surface area contributed by atoms with E-state index < -0.39 is 0 Å². The van der Waals surface area contributed by atoms with Gasteiger partial charge in [-0.05, 0) is 24.0 Å². The Balaban J connectivity index is 2.28. The van der Waals surface area contributed by atoms with Crippen LogP contribution in [0.15, 0.2) is 35.4 Å². The van der Waals surface area contributed by atoms with Crippen LogP contribution in [-0.4, -0.2) is 11.2 Å². The van der Waals surface area contributed by atoms with Crippen molar-refractivity contribution < 1.29 is 0 Å². The van der Waals surface area contributed by atoms with Crippen LogP contribution in [0.1, 0.15) is 5.01 Å². The van der Waals surface area contributed by atoms with E-state index >= 15 is 0 Å². The summed E-state index contributed by atoms with van der Waals surface area (Å²) in [6.07, 6.45) is 3.97. The Morgan fingerprint density at radius 2 is 2.07 bits per heavy atom. The van der Waals surface area contributed by atoms with E-state index in [1.165, 1.54) is 15.3 Å². The second kappa shape index (κ2) is 4.79. The molecule has 0 saturated heterocycles. The van der Waals surface area contributed by atoms with Gasteiger partial charge in [0.1, 0.15) is 5.01 Å². The maximum absolute atomic E-state index is 5.53. The Hall–Kier alpha value is -0.840. The lowest BCUT2D eigenvalue weighted by atomic mass is 10.2. The van der Waals surface area contributed by atoms with Crippen LogP contribution in [0.3, 0.4) is 0 Å². The molecular formula is C11H12N2S2. The van der Waals surface area contributed by atoms with Crippen LogP contribution >= 0.6 is 23.1 Å². The fourth-order valence-electron chi connectivity index (χ4n) is 1.29. The fourth-order valence-corrected chi connectivity index (χ4v) is 2.50. The maximum atomic E-state index is 5.53. The standard InChI is InChI=1S/C11H12N2S2/c1-14-9-4-2-8(3-5-9)10-7-13-11(6-12)15-10/h2-5,7H,6,12H2,1H3. The molecule has 2 nitrogen and oxygen atoms in total. The molecule has 2 N–H and O–H groups in total. The number of nitrogens with zero attached hydrogens (tertiary/aromatic N) is 1. The monoisotopic (exact) mass is 236 g/mol. The number of nitrogens with two attached hydrogens (primary N) is 1. The highest BCUT2D eigenvalue weighted by atomic mass is 32.2. The minimum absolute atomic E-state index is 0.521. The van der Waals surface area contributed by atoms with E-state index in [-0.39, 0.29) is 0 Å². The second-order valence-electron chi connectivity index (χ2n) is 3.05. The third-order valence-corrected chi connectivity index (χ3v) is 3.92. The summed E-state index contributed by atoms with van der Waals surface area (Å²) in [7, 11) is 0. The van der Waals surface area contributed by atoms with Gasteiger partial charge in [0.25, 0.3) is 0 Å². The summed E-state index contributed by atoms with van der Waals surface area (Å²) in [6.45, 7) is 0.521. The lowest BCUT2D eigenvalue weighted by Gasteiger charge is -1.98. The van der Waals surface area contributed by atoms with Gasteiger partial charge < -0.3 is 5.73 Å². The number of benzene rings is 1. The van der Waals surface area contributed by atoms with E-state index in [0.29, 0.717) is 6.54 Å². The third-order valence-electron chi connectivity index (χ3n) is 2.10. The Morgan fingerprint density at radius 1 is 1.33 bits per heavy atom. The average molecular weight is 236 g/mol. The van der Waals surface area contributed by atoms with Crippen LogP contribution in [0, 0.1) is 0 Å². The largest absolute Gasteiger partial charge is 0.325 e. The Kier molecular flexibility index (Phi) is 3.41. The van der Waals surface area contributed by atoms with Gasteiger partial charge in [0.2, 0.25) is 0 Å². The van der Waals surface area contributed by atoms with Crippen molar-refractivity contribution in [2.45, 2.75) is 11.4 Å². The molecule has 0 aliphatic carbocycles. The van der Waals surface area contributed by atoms with E-state index in [9.17, 15) is 0 Å². The van der Waals surface area contributed by atoms with Crippen molar-refractivity contribution in [3.63, 3.8) is 0 Å². The first-order chi connectivity index (χ1) is 7.33. The van der Waals surface area contributed by atoms with Crippen LogP contribution in [0.2, 0.25) is 0 Å². The molecule has 0 unspecified atom stereocenters. The highest BCUT2D eigenvalue weighted by Crippen LogP contribution is 2.27. The van der Waals surface area contributed by atoms with Gasteiger partial charge in [-0.1, -0.05) is 12.1 Å². The lowest BCUT2D eigenvalue weighted by Crippen LogP contribution is -1.93. The maximum Gasteiger partial charge on any atom is 0.107 e. The average Bonchev–Trinajstić information content (AvgIpc) is 2.78. The molecule has 4 heteroatoms. The van der Waals surface area contributed by atoms with Crippen molar-refractivity contribution in [2.24, 2.45) is 5.73 Å². The van der Waals surface area contributed by atoms with Gasteiger partial charge in [-0.3, -0.25) is 0 Å². The van der Waals surface area contributed by atoms with Crippen molar-refractivity contribution in [3.05, 3.63) is 35.5 Å². The molecule has 1 heterocycles. The molecule has 2 aromatic rings. The predicted molar refractivity (Wildman–Crippen MR) is 67.2 cm³/mol. The minimum Gasteiger partial charge on any atom is -0.325 e. The zero-order valence-corrected chi connectivity index (χ0v) is 10.1. The highest BCUT2D eigenvalue weighted by molar-refractivity contribution is 7.98. The molecule has 0 amide bonds. The third kappa shape index (κ3) is 2.40. The van der Waals surface area contributed by atoms with E-state index in [2.05, 4.69) is 35.5 Å². The quantitative estimate of drug-likeness (QED) is 0.833. The summed E-state index contributed by atoms with van der Waals surface area (Å²) in [5.74, 6) is 0. The molecule has 0 atom stereocenters. The molecule has 0 saturated carbocycles. The predicted octanol–water partition coefficient (Wildman–Crippen LogP) is 2.99. The highest BCUT2D eigenvalue weighted by Gasteiger charge is 2.02. The van der Waals surface area contributed by atoms with Crippen molar-refractivity contribution in [3.8, 4) is 10.4 Å². The Morgan fingerprint density at radius 3 is 2.60 bits per heavy atom. The molecule has 78 valence electrons. The normalized spacial score (nSPS) is 10.5. The molecule has 0 fully saturated rings. The van der Waals surface area contributed by atoms with E-state index in [4.69, 9.17) is 5.73 Å². The Bertz CT molecular complexity index is 434. The summed E-state index contributed by atoms with van der Waals surface area (Å²) < 4.78 is 0. The van der Waals surface area contributed by atoms with Crippen LogP contribution in [-0.2, 0) is 6.54 Å². The van der Waals surface area contributed by atoms with Gasteiger partial charge in [-0.15, -0.1) is 23.1 Å². The van der Waals surface area contributed by atoms with Crippen LogP contribution in [0.4, 0.5) is 0 Å². The topological polar surface area (TPSA) is 38.9 Å². The van der Waals surface area contributed by atoms with Gasteiger partial charge in [0, 0.05) is 17.6 Å². The van der Waals surface area contributed by atoms with E-state index in [0.717, 1.165) is 5.01 Å². The van der Waals surface area contributed by atoms with Crippen LogP contribution in [0.5, 0.6) is 0 Å². The van der Waals surface area contributed by atoms with Gasteiger partial charge >= 0.3 is 0 Å². The van der Waals surface area contributed by atoms with Crippen LogP contribution < -0.4 is 5.73 Å². The van der Waals surface area contributed by atoms with Crippen molar-refractivity contribution in [1.82, 2.24) is 4.98 Å². The lowest BCUT2D eigenvalue weighted by molar-refractivity contribution is 1.04.